The summed E-state index contributed by atoms with van der Waals surface area (Å²) in [6.45, 7) is 0. The fraction of sp³-hybridized carbons (Fsp3) is 0.227. The zero-order valence-electron chi connectivity index (χ0n) is 17.9. The van der Waals surface area contributed by atoms with Gasteiger partial charge in [0.1, 0.15) is 18.0 Å². The number of aromatic nitrogens is 3. The van der Waals surface area contributed by atoms with Gasteiger partial charge in [0.25, 0.3) is 5.56 Å². The predicted octanol–water partition coefficient (Wildman–Crippen LogP) is 1.93. The molecular formula is C22H19FN4O6. The van der Waals surface area contributed by atoms with E-state index in [4.69, 9.17) is 14.2 Å². The molecule has 2 heterocycles. The molecular weight excluding hydrogens is 435 g/mol. The summed E-state index contributed by atoms with van der Waals surface area (Å²) in [6, 6.07) is 10.2. The molecule has 170 valence electrons. The second kappa shape index (κ2) is 8.34. The van der Waals surface area contributed by atoms with Crippen LogP contribution in [0.25, 0.3) is 22.6 Å². The van der Waals surface area contributed by atoms with Crippen LogP contribution in [0, 0.1) is 5.82 Å². The summed E-state index contributed by atoms with van der Waals surface area (Å²) in [7, 11) is 3.79. The molecule has 0 aliphatic carbocycles. The molecule has 2 aromatic carbocycles. The van der Waals surface area contributed by atoms with Crippen LogP contribution >= 0.6 is 0 Å². The molecule has 1 atom stereocenters. The highest BCUT2D eigenvalue weighted by Crippen LogP contribution is 2.39. The number of halogens is 1. The molecule has 4 rings (SSSR count). The first-order chi connectivity index (χ1) is 15.8. The number of hydrogen-bond acceptors (Lipinski definition) is 9. The maximum atomic E-state index is 14.0. The van der Waals surface area contributed by atoms with Crippen LogP contribution in [0.1, 0.15) is 6.42 Å². The van der Waals surface area contributed by atoms with Crippen LogP contribution in [0.2, 0.25) is 0 Å². The lowest BCUT2D eigenvalue weighted by molar-refractivity contribution is -0.157. The fourth-order valence-electron chi connectivity index (χ4n) is 3.63. The molecule has 0 spiro atoms. The monoisotopic (exact) mass is 454 g/mol. The van der Waals surface area contributed by atoms with E-state index in [1.165, 1.54) is 19.2 Å². The van der Waals surface area contributed by atoms with Gasteiger partial charge in [-0.1, -0.05) is 0 Å². The van der Waals surface area contributed by atoms with Crippen LogP contribution in [0.4, 0.5) is 10.1 Å². The molecule has 0 unspecified atom stereocenters. The summed E-state index contributed by atoms with van der Waals surface area (Å²) >= 11 is 0. The SMILES string of the molecule is COC(=O)C[C@]1(C(=O)OC)Nc2cc(F)ccc2-c2nc(=O)c(-c3ccc(OC)cc3)nn21. The Kier molecular flexibility index (Phi) is 5.54. The number of hydrogen-bond donors (Lipinski definition) is 1. The average Bonchev–Trinajstić information content (AvgIpc) is 2.82. The highest BCUT2D eigenvalue weighted by Gasteiger charge is 2.50. The quantitative estimate of drug-likeness (QED) is 0.576. The third-order valence-corrected chi connectivity index (χ3v) is 5.25. The van der Waals surface area contributed by atoms with Crippen molar-refractivity contribution in [1.29, 1.82) is 0 Å². The summed E-state index contributed by atoms with van der Waals surface area (Å²) in [5.74, 6) is -1.76. The van der Waals surface area contributed by atoms with Gasteiger partial charge in [-0.05, 0) is 42.5 Å². The summed E-state index contributed by atoms with van der Waals surface area (Å²) in [6.07, 6.45) is -0.571. The Balaban J connectivity index is 2.02. The van der Waals surface area contributed by atoms with Gasteiger partial charge < -0.3 is 19.5 Å². The fourth-order valence-corrected chi connectivity index (χ4v) is 3.63. The smallest absolute Gasteiger partial charge is 0.355 e. The van der Waals surface area contributed by atoms with Crippen LogP contribution in [-0.2, 0) is 24.7 Å². The molecule has 3 aromatic rings. The molecule has 1 N–H and O–H groups in total. The lowest BCUT2D eigenvalue weighted by Crippen LogP contribution is -2.55. The number of nitrogens with zero attached hydrogens (tertiary/aromatic N) is 3. The number of nitrogens with one attached hydrogen (secondary N) is 1. The van der Waals surface area contributed by atoms with Gasteiger partial charge in [0.15, 0.2) is 11.5 Å². The molecule has 0 saturated heterocycles. The van der Waals surface area contributed by atoms with Crippen molar-refractivity contribution >= 4 is 17.6 Å². The van der Waals surface area contributed by atoms with E-state index in [0.29, 0.717) is 16.9 Å². The lowest BCUT2D eigenvalue weighted by atomic mass is 9.99. The number of anilines is 1. The topological polar surface area (TPSA) is 122 Å². The maximum Gasteiger partial charge on any atom is 0.355 e. The lowest BCUT2D eigenvalue weighted by Gasteiger charge is -2.38. The largest absolute Gasteiger partial charge is 0.497 e. The minimum absolute atomic E-state index is 0.0414. The summed E-state index contributed by atoms with van der Waals surface area (Å²) in [5, 5.41) is 7.27. The normalized spacial score (nSPS) is 16.1. The second-order valence-corrected chi connectivity index (χ2v) is 7.15. The summed E-state index contributed by atoms with van der Waals surface area (Å²) in [4.78, 5) is 42.4. The number of ether oxygens (including phenoxy) is 3. The van der Waals surface area contributed by atoms with Gasteiger partial charge in [-0.15, -0.1) is 0 Å². The third-order valence-electron chi connectivity index (χ3n) is 5.25. The van der Waals surface area contributed by atoms with E-state index in [0.717, 1.165) is 25.0 Å². The number of methoxy groups -OCH3 is 3. The Hall–Kier alpha value is -4.28. The molecule has 0 saturated carbocycles. The molecule has 1 aliphatic heterocycles. The van der Waals surface area contributed by atoms with Gasteiger partial charge in [0.05, 0.1) is 27.0 Å². The summed E-state index contributed by atoms with van der Waals surface area (Å²) < 4.78 is 30.0. The Morgan fingerprint density at radius 1 is 1.09 bits per heavy atom. The van der Waals surface area contributed by atoms with Crippen molar-refractivity contribution in [3.8, 4) is 28.4 Å². The van der Waals surface area contributed by atoms with Crippen LogP contribution in [0.3, 0.4) is 0 Å². The maximum absolute atomic E-state index is 14.0. The Morgan fingerprint density at radius 3 is 2.45 bits per heavy atom. The van der Waals surface area contributed by atoms with E-state index < -0.39 is 35.4 Å². The third kappa shape index (κ3) is 3.67. The molecule has 0 radical (unpaired) electrons. The zero-order chi connectivity index (χ0) is 23.8. The average molecular weight is 454 g/mol. The van der Waals surface area contributed by atoms with Crippen molar-refractivity contribution < 1.29 is 28.2 Å². The number of fused-ring (bicyclic) bond motifs is 3. The molecule has 0 amide bonds. The van der Waals surface area contributed by atoms with E-state index in [9.17, 15) is 18.8 Å². The minimum Gasteiger partial charge on any atom is -0.497 e. The van der Waals surface area contributed by atoms with Crippen molar-refractivity contribution in [2.45, 2.75) is 12.1 Å². The number of rotatable bonds is 5. The molecule has 1 aromatic heterocycles. The van der Waals surface area contributed by atoms with Gasteiger partial charge in [-0.3, -0.25) is 9.59 Å². The Bertz CT molecular complexity index is 1310. The molecule has 1 aliphatic rings. The van der Waals surface area contributed by atoms with Crippen LogP contribution in [0.5, 0.6) is 5.75 Å². The van der Waals surface area contributed by atoms with E-state index >= 15 is 0 Å². The molecule has 0 bridgehead atoms. The van der Waals surface area contributed by atoms with Crippen molar-refractivity contribution in [2.75, 3.05) is 26.6 Å². The first kappa shape index (κ1) is 21.9. The van der Waals surface area contributed by atoms with Crippen LogP contribution in [0.15, 0.2) is 47.3 Å². The molecule has 11 heteroatoms. The van der Waals surface area contributed by atoms with E-state index in [2.05, 4.69) is 15.4 Å². The highest BCUT2D eigenvalue weighted by molar-refractivity contribution is 5.92. The van der Waals surface area contributed by atoms with Gasteiger partial charge >= 0.3 is 11.9 Å². The summed E-state index contributed by atoms with van der Waals surface area (Å²) in [5.41, 5.74) is -1.89. The number of benzene rings is 2. The number of esters is 2. The highest BCUT2D eigenvalue weighted by atomic mass is 19.1. The molecule has 33 heavy (non-hydrogen) atoms. The van der Waals surface area contributed by atoms with Crippen molar-refractivity contribution in [3.63, 3.8) is 0 Å². The molecule has 0 fully saturated rings. The van der Waals surface area contributed by atoms with Crippen molar-refractivity contribution in [1.82, 2.24) is 14.8 Å². The van der Waals surface area contributed by atoms with E-state index in [-0.39, 0.29) is 17.2 Å². The van der Waals surface area contributed by atoms with E-state index in [1.807, 2.05) is 0 Å². The molecule has 10 nitrogen and oxygen atoms in total. The first-order valence-electron chi connectivity index (χ1n) is 9.72. The Morgan fingerprint density at radius 2 is 1.82 bits per heavy atom. The number of carbonyl (C=O) groups is 2. The van der Waals surface area contributed by atoms with Gasteiger partial charge in [0.2, 0.25) is 5.66 Å². The minimum atomic E-state index is -1.99. The van der Waals surface area contributed by atoms with Gasteiger partial charge in [0, 0.05) is 11.1 Å². The first-order valence-corrected chi connectivity index (χ1v) is 9.72. The Labute approximate surface area is 186 Å². The van der Waals surface area contributed by atoms with E-state index in [1.54, 1.807) is 24.3 Å². The predicted molar refractivity (Wildman–Crippen MR) is 114 cm³/mol. The van der Waals surface area contributed by atoms with Crippen LogP contribution < -0.4 is 15.6 Å². The van der Waals surface area contributed by atoms with Gasteiger partial charge in [-0.2, -0.15) is 10.1 Å². The van der Waals surface area contributed by atoms with Crippen molar-refractivity contribution in [3.05, 3.63) is 58.6 Å². The number of carbonyl (C=O) groups excluding carboxylic acids is 2. The van der Waals surface area contributed by atoms with Crippen LogP contribution in [-0.4, -0.2) is 48.0 Å². The second-order valence-electron chi connectivity index (χ2n) is 7.15. The van der Waals surface area contributed by atoms with Gasteiger partial charge in [-0.25, -0.2) is 13.9 Å². The zero-order valence-corrected chi connectivity index (χ0v) is 17.9. The van der Waals surface area contributed by atoms with Crippen molar-refractivity contribution in [2.24, 2.45) is 0 Å². The standard InChI is InChI=1S/C22H19FN4O6/c1-31-14-7-4-12(5-8-14)18-20(29)24-19-15-9-6-13(23)10-16(15)25-22(21(30)33-3,27(19)26-18)11-17(28)32-2/h4-10,25H,11H2,1-3H3/t22-/m0/s1.